The Morgan fingerprint density at radius 3 is 2.82 bits per heavy atom. The molecule has 1 aromatic carbocycles. The van der Waals surface area contributed by atoms with Crippen LogP contribution in [0.3, 0.4) is 0 Å². The minimum absolute atomic E-state index is 0.119. The lowest BCUT2D eigenvalue weighted by Crippen LogP contribution is -2.03. The monoisotopic (exact) mass is 232 g/mol. The minimum Gasteiger partial charge on any atom is -0.207 e. The maximum Gasteiger partial charge on any atom is 0.143 e. The van der Waals surface area contributed by atoms with Gasteiger partial charge in [0.05, 0.1) is 5.69 Å². The smallest absolute Gasteiger partial charge is 0.143 e. The van der Waals surface area contributed by atoms with E-state index in [1.54, 1.807) is 17.1 Å². The number of rotatable bonds is 3. The summed E-state index contributed by atoms with van der Waals surface area (Å²) in [5.41, 5.74) is 2.64. The number of halogens is 1. The van der Waals surface area contributed by atoms with Crippen molar-refractivity contribution in [1.82, 2.24) is 20.2 Å². The van der Waals surface area contributed by atoms with E-state index in [4.69, 9.17) is 0 Å². The molecule has 1 saturated carbocycles. The van der Waals surface area contributed by atoms with Crippen molar-refractivity contribution in [2.24, 2.45) is 0 Å². The van der Waals surface area contributed by atoms with E-state index in [0.717, 1.165) is 24.1 Å². The van der Waals surface area contributed by atoms with E-state index in [2.05, 4.69) is 15.5 Å². The van der Waals surface area contributed by atoms with Crippen molar-refractivity contribution in [1.29, 1.82) is 0 Å². The van der Waals surface area contributed by atoms with E-state index in [1.807, 2.05) is 13.0 Å². The summed E-state index contributed by atoms with van der Waals surface area (Å²) in [6.07, 6.45) is 4.48. The Labute approximate surface area is 98.5 Å². The summed E-state index contributed by atoms with van der Waals surface area (Å²) >= 11 is 0. The predicted molar refractivity (Wildman–Crippen MR) is 60.5 cm³/mol. The molecule has 0 aliphatic heterocycles. The summed E-state index contributed by atoms with van der Waals surface area (Å²) in [5, 5.41) is 11.2. The fourth-order valence-corrected chi connectivity index (χ4v) is 2.08. The van der Waals surface area contributed by atoms with Crippen LogP contribution in [0.2, 0.25) is 0 Å². The molecule has 0 bridgehead atoms. The summed E-state index contributed by atoms with van der Waals surface area (Å²) in [7, 11) is 0. The molecule has 5 heteroatoms. The van der Waals surface area contributed by atoms with Crippen LogP contribution in [0, 0.1) is 5.82 Å². The fraction of sp³-hybridized carbons (Fsp3) is 0.417. The van der Waals surface area contributed by atoms with Gasteiger partial charge in [-0.15, -0.1) is 5.10 Å². The average molecular weight is 232 g/mol. The Morgan fingerprint density at radius 2 is 2.24 bits per heavy atom. The molecular formula is C12H13FN4. The Kier molecular flexibility index (Phi) is 2.39. The summed E-state index contributed by atoms with van der Waals surface area (Å²) in [6.45, 7) is 1.94. The largest absolute Gasteiger partial charge is 0.207 e. The molecule has 1 aromatic heterocycles. The number of nitrogens with zero attached hydrogens (tertiary/aromatic N) is 4. The highest BCUT2D eigenvalue weighted by Crippen LogP contribution is 2.43. The van der Waals surface area contributed by atoms with Gasteiger partial charge in [-0.1, -0.05) is 6.92 Å². The van der Waals surface area contributed by atoms with Gasteiger partial charge in [-0.3, -0.25) is 0 Å². The zero-order valence-electron chi connectivity index (χ0n) is 9.60. The highest BCUT2D eigenvalue weighted by Gasteiger charge is 2.28. The molecule has 0 amide bonds. The van der Waals surface area contributed by atoms with Gasteiger partial charge >= 0.3 is 0 Å². The van der Waals surface area contributed by atoms with Gasteiger partial charge in [-0.05, 0) is 58.9 Å². The lowest BCUT2D eigenvalue weighted by molar-refractivity contribution is 0.608. The molecule has 0 radical (unpaired) electrons. The summed E-state index contributed by atoms with van der Waals surface area (Å²) < 4.78 is 15.4. The maximum atomic E-state index is 13.8. The van der Waals surface area contributed by atoms with Gasteiger partial charge in [-0.25, -0.2) is 9.07 Å². The fourth-order valence-electron chi connectivity index (χ4n) is 2.08. The maximum absolute atomic E-state index is 13.8. The molecule has 1 aliphatic carbocycles. The zero-order chi connectivity index (χ0) is 11.8. The number of hydrogen-bond donors (Lipinski definition) is 0. The van der Waals surface area contributed by atoms with Crippen molar-refractivity contribution in [2.45, 2.75) is 32.1 Å². The lowest BCUT2D eigenvalue weighted by Gasteiger charge is -2.10. The Balaban J connectivity index is 2.16. The molecule has 1 aliphatic rings. The van der Waals surface area contributed by atoms with Crippen LogP contribution in [0.15, 0.2) is 18.5 Å². The molecular weight excluding hydrogens is 219 g/mol. The quantitative estimate of drug-likeness (QED) is 0.815. The second-order valence-corrected chi connectivity index (χ2v) is 4.38. The van der Waals surface area contributed by atoms with Crippen LogP contribution in [-0.4, -0.2) is 20.2 Å². The van der Waals surface area contributed by atoms with Crippen LogP contribution < -0.4 is 0 Å². The van der Waals surface area contributed by atoms with Crippen LogP contribution >= 0.6 is 0 Å². The summed E-state index contributed by atoms with van der Waals surface area (Å²) in [4.78, 5) is 0. The van der Waals surface area contributed by atoms with Gasteiger partial charge < -0.3 is 0 Å². The van der Waals surface area contributed by atoms with Gasteiger partial charge in [0.2, 0.25) is 0 Å². The summed E-state index contributed by atoms with van der Waals surface area (Å²) in [6, 6.07) is 3.51. The van der Waals surface area contributed by atoms with Gasteiger partial charge in [0.1, 0.15) is 12.1 Å². The van der Waals surface area contributed by atoms with E-state index >= 15 is 0 Å². The third-order valence-corrected chi connectivity index (χ3v) is 3.19. The highest BCUT2D eigenvalue weighted by atomic mass is 19.1. The van der Waals surface area contributed by atoms with Gasteiger partial charge in [-0.2, -0.15) is 0 Å². The number of aromatic nitrogens is 4. The predicted octanol–water partition coefficient (Wildman–Crippen LogP) is 2.24. The highest BCUT2D eigenvalue weighted by molar-refractivity contribution is 5.47. The van der Waals surface area contributed by atoms with E-state index in [-0.39, 0.29) is 5.82 Å². The van der Waals surface area contributed by atoms with Gasteiger partial charge in [0.25, 0.3) is 0 Å². The van der Waals surface area contributed by atoms with Crippen molar-refractivity contribution in [3.8, 4) is 5.69 Å². The SMILES string of the molecule is CCc1cc(-n2cnnn2)c(C2CC2)cc1F. The normalized spacial score (nSPS) is 15.2. The third kappa shape index (κ3) is 1.81. The molecule has 88 valence electrons. The second-order valence-electron chi connectivity index (χ2n) is 4.38. The lowest BCUT2D eigenvalue weighted by atomic mass is 10.0. The molecule has 4 nitrogen and oxygen atoms in total. The molecule has 0 spiro atoms. The van der Waals surface area contributed by atoms with E-state index in [1.165, 1.54) is 0 Å². The van der Waals surface area contributed by atoms with Crippen LogP contribution in [0.4, 0.5) is 4.39 Å². The van der Waals surface area contributed by atoms with Crippen molar-refractivity contribution in [3.05, 3.63) is 35.4 Å². The first-order valence-electron chi connectivity index (χ1n) is 5.85. The van der Waals surface area contributed by atoms with Gasteiger partial charge in [0.15, 0.2) is 0 Å². The topological polar surface area (TPSA) is 43.6 Å². The van der Waals surface area contributed by atoms with Crippen molar-refractivity contribution >= 4 is 0 Å². The van der Waals surface area contributed by atoms with Crippen molar-refractivity contribution < 1.29 is 4.39 Å². The first-order valence-corrected chi connectivity index (χ1v) is 5.85. The molecule has 1 fully saturated rings. The van der Waals surface area contributed by atoms with E-state index in [0.29, 0.717) is 17.9 Å². The molecule has 0 atom stereocenters. The van der Waals surface area contributed by atoms with Crippen LogP contribution in [0.5, 0.6) is 0 Å². The van der Waals surface area contributed by atoms with Gasteiger partial charge in [0, 0.05) is 0 Å². The number of benzene rings is 1. The minimum atomic E-state index is -0.119. The van der Waals surface area contributed by atoms with Crippen molar-refractivity contribution in [3.63, 3.8) is 0 Å². The van der Waals surface area contributed by atoms with Crippen LogP contribution in [-0.2, 0) is 6.42 Å². The molecule has 3 rings (SSSR count). The van der Waals surface area contributed by atoms with Crippen LogP contribution in [0.1, 0.15) is 36.8 Å². The number of tetrazole rings is 1. The standard InChI is InChI=1S/C12H13FN4/c1-2-8-5-12(17-7-14-15-16-17)10(6-11(8)13)9-3-4-9/h5-7,9H,2-4H2,1H3. The first kappa shape index (κ1) is 10.4. The third-order valence-electron chi connectivity index (χ3n) is 3.19. The van der Waals surface area contributed by atoms with E-state index in [9.17, 15) is 4.39 Å². The van der Waals surface area contributed by atoms with E-state index < -0.39 is 0 Å². The molecule has 0 saturated heterocycles. The van der Waals surface area contributed by atoms with Crippen LogP contribution in [0.25, 0.3) is 5.69 Å². The molecule has 17 heavy (non-hydrogen) atoms. The second kappa shape index (κ2) is 3.91. The number of hydrogen-bond acceptors (Lipinski definition) is 3. The van der Waals surface area contributed by atoms with Crippen molar-refractivity contribution in [2.75, 3.05) is 0 Å². The Hall–Kier alpha value is -1.78. The summed E-state index contributed by atoms with van der Waals surface area (Å²) in [5.74, 6) is 0.348. The molecule has 2 aromatic rings. The Morgan fingerprint density at radius 1 is 1.41 bits per heavy atom. The molecule has 0 N–H and O–H groups in total. The molecule has 0 unspecified atom stereocenters. The zero-order valence-corrected chi connectivity index (χ0v) is 9.60. The number of aryl methyl sites for hydroxylation is 1. The first-order chi connectivity index (χ1) is 8.29. The average Bonchev–Trinajstić information content (AvgIpc) is 3.04. The Bertz CT molecular complexity index is 532. The molecule has 1 heterocycles.